The van der Waals surface area contributed by atoms with E-state index in [2.05, 4.69) is 67.6 Å². The van der Waals surface area contributed by atoms with Gasteiger partial charge in [-0.3, -0.25) is 0 Å². The van der Waals surface area contributed by atoms with E-state index in [9.17, 15) is 0 Å². The van der Waals surface area contributed by atoms with Crippen LogP contribution in [0.4, 0.5) is 0 Å². The fourth-order valence-electron chi connectivity index (χ4n) is 2.74. The second-order valence-corrected chi connectivity index (χ2v) is 5.41. The van der Waals surface area contributed by atoms with E-state index in [0.717, 1.165) is 6.42 Å². The van der Waals surface area contributed by atoms with Gasteiger partial charge in [0.1, 0.15) is 0 Å². The van der Waals surface area contributed by atoms with Crippen LogP contribution in [0.3, 0.4) is 0 Å². The monoisotopic (exact) mass is 248 g/mol. The first kappa shape index (κ1) is 12.2. The highest BCUT2D eigenvalue weighted by atomic mass is 14.2. The minimum absolute atomic E-state index is 0.575. The molecule has 0 heterocycles. The smallest absolute Gasteiger partial charge is 0.00528 e. The normalized spacial score (nSPS) is 22.1. The Labute approximate surface area is 115 Å². The van der Waals surface area contributed by atoms with Gasteiger partial charge in [-0.2, -0.15) is 0 Å². The quantitative estimate of drug-likeness (QED) is 0.672. The molecule has 0 aliphatic heterocycles. The Bertz CT molecular complexity index is 565. The van der Waals surface area contributed by atoms with Crippen molar-refractivity contribution in [1.29, 1.82) is 0 Å². The van der Waals surface area contributed by atoms with Crippen LogP contribution in [0.1, 0.15) is 30.4 Å². The summed E-state index contributed by atoms with van der Waals surface area (Å²) in [6.07, 6.45) is 17.5. The molecule has 1 aromatic carbocycles. The molecule has 19 heavy (non-hydrogen) atoms. The van der Waals surface area contributed by atoms with Gasteiger partial charge in [0.15, 0.2) is 0 Å². The molecule has 0 amide bonds. The lowest BCUT2D eigenvalue weighted by molar-refractivity contribution is 0.773. The molecule has 0 saturated heterocycles. The molecule has 0 bridgehead atoms. The molecule has 1 unspecified atom stereocenters. The molecule has 0 aromatic heterocycles. The van der Waals surface area contributed by atoms with Crippen LogP contribution in [0.25, 0.3) is 5.57 Å². The van der Waals surface area contributed by atoms with Gasteiger partial charge in [0.25, 0.3) is 0 Å². The van der Waals surface area contributed by atoms with Gasteiger partial charge in [-0.25, -0.2) is 0 Å². The maximum Gasteiger partial charge on any atom is 0.00528 e. The van der Waals surface area contributed by atoms with Gasteiger partial charge in [-0.15, -0.1) is 0 Å². The number of hydrogen-bond donors (Lipinski definition) is 0. The minimum Gasteiger partial charge on any atom is -0.0839 e. The van der Waals surface area contributed by atoms with Crippen molar-refractivity contribution in [3.63, 3.8) is 0 Å². The first-order valence-electron chi connectivity index (χ1n) is 7.15. The highest BCUT2D eigenvalue weighted by Crippen LogP contribution is 2.30. The Morgan fingerprint density at radius 2 is 1.79 bits per heavy atom. The van der Waals surface area contributed by atoms with E-state index in [1.165, 1.54) is 35.1 Å². The molecule has 3 rings (SSSR count). The average molecular weight is 248 g/mol. The fourth-order valence-corrected chi connectivity index (χ4v) is 2.74. The molecule has 1 aromatic rings. The molecule has 0 heteroatoms. The van der Waals surface area contributed by atoms with E-state index in [0.29, 0.717) is 5.92 Å². The Balaban J connectivity index is 1.74. The third-order valence-electron chi connectivity index (χ3n) is 3.94. The lowest BCUT2D eigenvalue weighted by Gasteiger charge is -2.19. The predicted octanol–water partition coefficient (Wildman–Crippen LogP) is 5.23. The molecule has 0 saturated carbocycles. The number of benzene rings is 1. The summed E-state index contributed by atoms with van der Waals surface area (Å²) < 4.78 is 0. The molecule has 0 spiro atoms. The van der Waals surface area contributed by atoms with Crippen molar-refractivity contribution in [3.8, 4) is 0 Å². The SMILES string of the molecule is Cc1ccc(C2=CCC(C3=CCCC=C3)C=C2)cc1. The van der Waals surface area contributed by atoms with Crippen molar-refractivity contribution in [2.24, 2.45) is 5.92 Å². The summed E-state index contributed by atoms with van der Waals surface area (Å²) in [5, 5.41) is 0. The molecule has 2 aliphatic carbocycles. The van der Waals surface area contributed by atoms with Gasteiger partial charge >= 0.3 is 0 Å². The third kappa shape index (κ3) is 2.78. The molecule has 1 atom stereocenters. The van der Waals surface area contributed by atoms with Crippen molar-refractivity contribution in [3.05, 3.63) is 77.4 Å². The summed E-state index contributed by atoms with van der Waals surface area (Å²) >= 11 is 0. The first-order valence-corrected chi connectivity index (χ1v) is 7.15. The highest BCUT2D eigenvalue weighted by molar-refractivity contribution is 5.75. The maximum atomic E-state index is 2.39. The van der Waals surface area contributed by atoms with Crippen molar-refractivity contribution in [2.45, 2.75) is 26.2 Å². The molecular weight excluding hydrogens is 228 g/mol. The van der Waals surface area contributed by atoms with E-state index in [1.807, 2.05) is 0 Å². The van der Waals surface area contributed by atoms with E-state index >= 15 is 0 Å². The van der Waals surface area contributed by atoms with Crippen LogP contribution in [0.15, 0.2) is 66.3 Å². The van der Waals surface area contributed by atoms with Crippen LogP contribution in [0.5, 0.6) is 0 Å². The third-order valence-corrected chi connectivity index (χ3v) is 3.94. The molecule has 96 valence electrons. The predicted molar refractivity (Wildman–Crippen MR) is 82.9 cm³/mol. The number of allylic oxidation sites excluding steroid dienone is 8. The van der Waals surface area contributed by atoms with Gasteiger partial charge < -0.3 is 0 Å². The molecular formula is C19H20. The second-order valence-electron chi connectivity index (χ2n) is 5.41. The Morgan fingerprint density at radius 3 is 2.42 bits per heavy atom. The zero-order valence-corrected chi connectivity index (χ0v) is 11.5. The Morgan fingerprint density at radius 1 is 0.947 bits per heavy atom. The zero-order valence-electron chi connectivity index (χ0n) is 11.5. The lowest BCUT2D eigenvalue weighted by atomic mass is 9.86. The number of rotatable bonds is 2. The summed E-state index contributed by atoms with van der Waals surface area (Å²) in [5.74, 6) is 0.575. The van der Waals surface area contributed by atoms with Crippen LogP contribution in [-0.2, 0) is 0 Å². The van der Waals surface area contributed by atoms with Gasteiger partial charge in [-0.1, -0.05) is 66.3 Å². The number of aryl methyl sites for hydroxylation is 1. The van der Waals surface area contributed by atoms with Crippen molar-refractivity contribution in [2.75, 3.05) is 0 Å². The molecule has 0 radical (unpaired) electrons. The standard InChI is InChI=1S/C19H20/c1-15-7-9-17(10-8-15)19-13-11-18(12-14-19)16-5-3-2-4-6-16/h3,5-11,13-14,18H,2,4,12H2,1H3. The molecule has 0 N–H and O–H groups in total. The fraction of sp³-hybridized carbons (Fsp3) is 0.263. The van der Waals surface area contributed by atoms with Gasteiger partial charge in [-0.05, 0) is 42.9 Å². The van der Waals surface area contributed by atoms with Crippen LogP contribution >= 0.6 is 0 Å². The van der Waals surface area contributed by atoms with Crippen LogP contribution in [-0.4, -0.2) is 0 Å². The average Bonchev–Trinajstić information content (AvgIpc) is 2.49. The zero-order chi connectivity index (χ0) is 13.1. The van der Waals surface area contributed by atoms with Crippen LogP contribution < -0.4 is 0 Å². The van der Waals surface area contributed by atoms with E-state index in [4.69, 9.17) is 0 Å². The highest BCUT2D eigenvalue weighted by Gasteiger charge is 2.13. The van der Waals surface area contributed by atoms with Crippen molar-refractivity contribution in [1.82, 2.24) is 0 Å². The summed E-state index contributed by atoms with van der Waals surface area (Å²) in [6, 6.07) is 8.79. The van der Waals surface area contributed by atoms with Crippen LogP contribution in [0.2, 0.25) is 0 Å². The number of hydrogen-bond acceptors (Lipinski definition) is 0. The maximum absolute atomic E-state index is 2.39. The van der Waals surface area contributed by atoms with E-state index in [1.54, 1.807) is 0 Å². The van der Waals surface area contributed by atoms with E-state index < -0.39 is 0 Å². The Hall–Kier alpha value is -1.82. The minimum atomic E-state index is 0.575. The Kier molecular flexibility index (Phi) is 3.50. The van der Waals surface area contributed by atoms with Gasteiger partial charge in [0.2, 0.25) is 0 Å². The topological polar surface area (TPSA) is 0 Å². The van der Waals surface area contributed by atoms with Crippen LogP contribution in [0, 0.1) is 12.8 Å². The lowest BCUT2D eigenvalue weighted by Crippen LogP contribution is -2.03. The summed E-state index contributed by atoms with van der Waals surface area (Å²) in [6.45, 7) is 2.13. The van der Waals surface area contributed by atoms with Crippen molar-refractivity contribution < 1.29 is 0 Å². The largest absolute Gasteiger partial charge is 0.0839 e. The second kappa shape index (κ2) is 5.44. The summed E-state index contributed by atoms with van der Waals surface area (Å²) in [7, 11) is 0. The molecule has 0 fully saturated rings. The summed E-state index contributed by atoms with van der Waals surface area (Å²) in [4.78, 5) is 0. The van der Waals surface area contributed by atoms with Crippen molar-refractivity contribution >= 4 is 5.57 Å². The molecule has 2 aliphatic rings. The first-order chi connectivity index (χ1) is 9.33. The van der Waals surface area contributed by atoms with Gasteiger partial charge in [0, 0.05) is 5.92 Å². The van der Waals surface area contributed by atoms with Gasteiger partial charge in [0.05, 0.1) is 0 Å². The van der Waals surface area contributed by atoms with E-state index in [-0.39, 0.29) is 0 Å². The molecule has 0 nitrogen and oxygen atoms in total. The summed E-state index contributed by atoms with van der Waals surface area (Å²) in [5.41, 5.74) is 5.49.